The minimum Gasteiger partial charge on any atom is -0.385 e. The predicted octanol–water partition coefficient (Wildman–Crippen LogP) is 4.05. The third-order valence-corrected chi connectivity index (χ3v) is 4.56. The first-order valence-electron chi connectivity index (χ1n) is 9.34. The third-order valence-electron chi connectivity index (χ3n) is 4.56. The average molecular weight is 363 g/mol. The van der Waals surface area contributed by atoms with Gasteiger partial charge in [-0.1, -0.05) is 45.9 Å². The standard InChI is InChI=1S/C21H34N2O3/c1-14(2)16-10-8-11-17(15(3)4)18(16)23-20(25)21(5,6)19(24)22-12-9-13-26-7/h8,10-11,14-15H,9,12-13H2,1-7H3,(H,22,24)(H,23,25). The van der Waals surface area contributed by atoms with Crippen molar-refractivity contribution in [3.8, 4) is 0 Å². The summed E-state index contributed by atoms with van der Waals surface area (Å²) in [7, 11) is 1.62. The monoisotopic (exact) mass is 362 g/mol. The number of rotatable bonds is 9. The zero-order chi connectivity index (χ0) is 19.9. The predicted molar refractivity (Wildman–Crippen MR) is 107 cm³/mol. The van der Waals surface area contributed by atoms with Crippen LogP contribution in [-0.2, 0) is 14.3 Å². The van der Waals surface area contributed by atoms with Crippen LogP contribution >= 0.6 is 0 Å². The Labute approximate surface area is 157 Å². The second kappa shape index (κ2) is 9.72. The van der Waals surface area contributed by atoms with E-state index in [1.165, 1.54) is 0 Å². The first kappa shape index (κ1) is 22.2. The fourth-order valence-corrected chi connectivity index (χ4v) is 2.71. The number of anilines is 1. The van der Waals surface area contributed by atoms with Crippen LogP contribution in [0.4, 0.5) is 5.69 Å². The highest BCUT2D eigenvalue weighted by Gasteiger charge is 2.36. The molecular formula is C21H34N2O3. The number of hydrogen-bond donors (Lipinski definition) is 2. The van der Waals surface area contributed by atoms with E-state index < -0.39 is 5.41 Å². The molecule has 2 N–H and O–H groups in total. The Bertz CT molecular complexity index is 595. The second-order valence-electron chi connectivity index (χ2n) is 7.80. The molecule has 0 spiro atoms. The Morgan fingerprint density at radius 1 is 1.04 bits per heavy atom. The highest BCUT2D eigenvalue weighted by atomic mass is 16.5. The third kappa shape index (κ3) is 5.56. The van der Waals surface area contributed by atoms with E-state index in [4.69, 9.17) is 4.74 Å². The van der Waals surface area contributed by atoms with E-state index in [2.05, 4.69) is 38.3 Å². The van der Waals surface area contributed by atoms with E-state index in [9.17, 15) is 9.59 Å². The molecule has 2 amide bonds. The number of ether oxygens (including phenoxy) is 1. The Kier molecular flexibility index (Phi) is 8.28. The molecule has 0 heterocycles. The highest BCUT2D eigenvalue weighted by molar-refractivity contribution is 6.10. The highest BCUT2D eigenvalue weighted by Crippen LogP contribution is 2.33. The number of hydrogen-bond acceptors (Lipinski definition) is 3. The van der Waals surface area contributed by atoms with Crippen molar-refractivity contribution in [1.82, 2.24) is 5.32 Å². The molecule has 1 rings (SSSR count). The van der Waals surface area contributed by atoms with Gasteiger partial charge in [0.1, 0.15) is 5.41 Å². The van der Waals surface area contributed by atoms with Crippen LogP contribution in [0.2, 0.25) is 0 Å². The van der Waals surface area contributed by atoms with Crippen molar-refractivity contribution in [2.75, 3.05) is 25.6 Å². The summed E-state index contributed by atoms with van der Waals surface area (Å²) in [6.45, 7) is 12.8. The van der Waals surface area contributed by atoms with Crippen molar-refractivity contribution in [3.63, 3.8) is 0 Å². The molecule has 1 aromatic rings. The van der Waals surface area contributed by atoms with Gasteiger partial charge in [0.15, 0.2) is 0 Å². The second-order valence-corrected chi connectivity index (χ2v) is 7.80. The molecule has 0 saturated heterocycles. The molecular weight excluding hydrogens is 328 g/mol. The van der Waals surface area contributed by atoms with Crippen LogP contribution in [0.1, 0.15) is 70.9 Å². The molecule has 0 saturated carbocycles. The van der Waals surface area contributed by atoms with E-state index in [-0.39, 0.29) is 23.7 Å². The van der Waals surface area contributed by atoms with E-state index in [1.807, 2.05) is 18.2 Å². The fourth-order valence-electron chi connectivity index (χ4n) is 2.71. The van der Waals surface area contributed by atoms with Crippen molar-refractivity contribution >= 4 is 17.5 Å². The zero-order valence-electron chi connectivity index (χ0n) is 17.2. The normalized spacial score (nSPS) is 11.7. The number of para-hydroxylation sites is 1. The van der Waals surface area contributed by atoms with Gasteiger partial charge in [-0.05, 0) is 43.2 Å². The lowest BCUT2D eigenvalue weighted by Crippen LogP contribution is -2.45. The SMILES string of the molecule is COCCCNC(=O)C(C)(C)C(=O)Nc1c(C(C)C)cccc1C(C)C. The topological polar surface area (TPSA) is 67.4 Å². The molecule has 5 heteroatoms. The smallest absolute Gasteiger partial charge is 0.239 e. The molecule has 0 unspecified atom stereocenters. The quantitative estimate of drug-likeness (QED) is 0.514. The van der Waals surface area contributed by atoms with Gasteiger partial charge in [-0.2, -0.15) is 0 Å². The fraction of sp³-hybridized carbons (Fsp3) is 0.619. The van der Waals surface area contributed by atoms with Crippen LogP contribution in [0, 0.1) is 5.41 Å². The number of carbonyl (C=O) groups is 2. The minimum absolute atomic E-state index is 0.273. The van der Waals surface area contributed by atoms with E-state index in [0.29, 0.717) is 19.6 Å². The average Bonchev–Trinajstić information content (AvgIpc) is 2.58. The molecule has 0 fully saturated rings. The summed E-state index contributed by atoms with van der Waals surface area (Å²) >= 11 is 0. The van der Waals surface area contributed by atoms with Crippen molar-refractivity contribution in [2.24, 2.45) is 5.41 Å². The summed E-state index contributed by atoms with van der Waals surface area (Å²) in [5, 5.41) is 5.86. The molecule has 26 heavy (non-hydrogen) atoms. The summed E-state index contributed by atoms with van der Waals surface area (Å²) in [5.41, 5.74) is 1.84. The first-order valence-corrected chi connectivity index (χ1v) is 9.34. The van der Waals surface area contributed by atoms with Gasteiger partial charge in [-0.25, -0.2) is 0 Å². The van der Waals surface area contributed by atoms with Crippen LogP contribution in [0.5, 0.6) is 0 Å². The largest absolute Gasteiger partial charge is 0.385 e. The minimum atomic E-state index is -1.16. The molecule has 0 bridgehead atoms. The van der Waals surface area contributed by atoms with Gasteiger partial charge in [0.2, 0.25) is 11.8 Å². The summed E-state index contributed by atoms with van der Waals surface area (Å²) in [6, 6.07) is 6.09. The molecule has 0 aliphatic rings. The lowest BCUT2D eigenvalue weighted by molar-refractivity contribution is -0.138. The number of nitrogens with one attached hydrogen (secondary N) is 2. The maximum Gasteiger partial charge on any atom is 0.239 e. The Morgan fingerprint density at radius 2 is 1.58 bits per heavy atom. The van der Waals surface area contributed by atoms with Crippen molar-refractivity contribution in [2.45, 2.75) is 59.8 Å². The van der Waals surface area contributed by atoms with E-state index in [1.54, 1.807) is 21.0 Å². The number of methoxy groups -OCH3 is 1. The number of benzene rings is 1. The van der Waals surface area contributed by atoms with Crippen molar-refractivity contribution in [3.05, 3.63) is 29.3 Å². The van der Waals surface area contributed by atoms with Crippen molar-refractivity contribution in [1.29, 1.82) is 0 Å². The Hall–Kier alpha value is -1.88. The molecule has 0 aromatic heterocycles. The molecule has 0 radical (unpaired) electrons. The van der Waals surface area contributed by atoms with Crippen LogP contribution in [-0.4, -0.2) is 32.1 Å². The molecule has 1 aromatic carbocycles. The van der Waals surface area contributed by atoms with Gasteiger partial charge in [-0.3, -0.25) is 9.59 Å². The van der Waals surface area contributed by atoms with Gasteiger partial charge in [0, 0.05) is 25.9 Å². The van der Waals surface area contributed by atoms with Gasteiger partial charge in [0.05, 0.1) is 0 Å². The molecule has 5 nitrogen and oxygen atoms in total. The lowest BCUT2D eigenvalue weighted by atomic mass is 9.88. The Morgan fingerprint density at radius 3 is 2.04 bits per heavy atom. The molecule has 0 atom stereocenters. The lowest BCUT2D eigenvalue weighted by Gasteiger charge is -2.26. The molecule has 0 aliphatic carbocycles. The van der Waals surface area contributed by atoms with Crippen LogP contribution in [0.25, 0.3) is 0 Å². The maximum absolute atomic E-state index is 12.9. The summed E-state index contributed by atoms with van der Waals surface area (Å²) in [4.78, 5) is 25.4. The first-order chi connectivity index (χ1) is 12.1. The summed E-state index contributed by atoms with van der Waals surface area (Å²) < 4.78 is 4.98. The Balaban J connectivity index is 3.00. The number of carbonyl (C=O) groups excluding carboxylic acids is 2. The van der Waals surface area contributed by atoms with Gasteiger partial charge >= 0.3 is 0 Å². The summed E-state index contributed by atoms with van der Waals surface area (Å²) in [5.74, 6) is -0.0269. The van der Waals surface area contributed by atoms with Crippen molar-refractivity contribution < 1.29 is 14.3 Å². The van der Waals surface area contributed by atoms with Gasteiger partial charge < -0.3 is 15.4 Å². The van der Waals surface area contributed by atoms with Crippen LogP contribution in [0.15, 0.2) is 18.2 Å². The van der Waals surface area contributed by atoms with Crippen LogP contribution < -0.4 is 10.6 Å². The van der Waals surface area contributed by atoms with E-state index in [0.717, 1.165) is 16.8 Å². The van der Waals surface area contributed by atoms with Crippen LogP contribution in [0.3, 0.4) is 0 Å². The summed E-state index contributed by atoms with van der Waals surface area (Å²) in [6.07, 6.45) is 0.716. The maximum atomic E-state index is 12.9. The van der Waals surface area contributed by atoms with Gasteiger partial charge in [-0.15, -0.1) is 0 Å². The van der Waals surface area contributed by atoms with E-state index >= 15 is 0 Å². The molecule has 0 aliphatic heterocycles. The number of amides is 2. The zero-order valence-corrected chi connectivity index (χ0v) is 17.2. The van der Waals surface area contributed by atoms with Gasteiger partial charge in [0.25, 0.3) is 0 Å². The molecule has 146 valence electrons.